The van der Waals surface area contributed by atoms with Crippen LogP contribution in [0.3, 0.4) is 0 Å². The summed E-state index contributed by atoms with van der Waals surface area (Å²) in [6.07, 6.45) is 0. The Morgan fingerprint density at radius 2 is 1.30 bits per heavy atom. The van der Waals surface area contributed by atoms with Gasteiger partial charge in [-0.2, -0.15) is 0 Å². The van der Waals surface area contributed by atoms with Gasteiger partial charge in [0, 0.05) is 0 Å². The van der Waals surface area contributed by atoms with Gasteiger partial charge >= 0.3 is 8.32 Å². The van der Waals surface area contributed by atoms with Crippen molar-refractivity contribution in [1.29, 1.82) is 0 Å². The molecule has 2 aromatic rings. The summed E-state index contributed by atoms with van der Waals surface area (Å²) >= 11 is 0. The molecule has 0 amide bonds. The van der Waals surface area contributed by atoms with Crippen molar-refractivity contribution in [2.24, 2.45) is 0 Å². The van der Waals surface area contributed by atoms with Crippen LogP contribution < -0.4 is 10.4 Å². The van der Waals surface area contributed by atoms with Crippen molar-refractivity contribution < 1.29 is 4.43 Å². The Bertz CT molecular complexity index is 830. The smallest absolute Gasteiger partial charge is 0.321 e. The molecule has 0 fully saturated rings. The number of allylic oxidation sites excluding steroid dienone is 1. The molecule has 1 nitrogen and oxygen atoms in total. The van der Waals surface area contributed by atoms with Crippen LogP contribution in [0.5, 0.6) is 0 Å². The van der Waals surface area contributed by atoms with Gasteiger partial charge in [0.2, 0.25) is 5.76 Å². The van der Waals surface area contributed by atoms with Gasteiger partial charge in [-0.15, -0.1) is 5.54 Å². The second kappa shape index (κ2) is 8.19. The lowest BCUT2D eigenvalue weighted by Crippen LogP contribution is -2.66. The lowest BCUT2D eigenvalue weighted by atomic mass is 10.2. The van der Waals surface area contributed by atoms with Crippen LogP contribution in [-0.4, -0.2) is 16.4 Å². The molecule has 0 radical (unpaired) electrons. The Labute approximate surface area is 166 Å². The predicted molar refractivity (Wildman–Crippen MR) is 122 cm³/mol. The van der Waals surface area contributed by atoms with Gasteiger partial charge < -0.3 is 4.43 Å². The Kier molecular flexibility index (Phi) is 6.39. The second-order valence-electron chi connectivity index (χ2n) is 8.77. The summed E-state index contributed by atoms with van der Waals surface area (Å²) in [5.74, 6) is 3.81. The first-order valence-electron chi connectivity index (χ1n) is 9.33. The number of hydrogen-bond donors (Lipinski definition) is 0. The molecule has 0 spiro atoms. The monoisotopic (exact) mass is 390 g/mol. The fourth-order valence-electron chi connectivity index (χ4n) is 3.15. The van der Waals surface area contributed by atoms with E-state index in [9.17, 15) is 0 Å². The lowest BCUT2D eigenvalue weighted by Gasteiger charge is -2.42. The SMILES string of the molecule is C=C=C(C#C[Si](C)(C)C)O[Si](c1ccccc1)(c1ccccc1)C(C)(C)C. The van der Waals surface area contributed by atoms with Crippen LogP contribution in [0.4, 0.5) is 0 Å². The molecule has 0 aliphatic heterocycles. The van der Waals surface area contributed by atoms with Crippen LogP contribution >= 0.6 is 0 Å². The summed E-state index contributed by atoms with van der Waals surface area (Å²) < 4.78 is 6.85. The summed E-state index contributed by atoms with van der Waals surface area (Å²) in [4.78, 5) is 0. The minimum atomic E-state index is -2.66. The minimum Gasteiger partial charge on any atom is -0.523 e. The topological polar surface area (TPSA) is 9.23 Å². The van der Waals surface area contributed by atoms with Gasteiger partial charge in [-0.1, -0.05) is 113 Å². The molecular weight excluding hydrogens is 360 g/mol. The largest absolute Gasteiger partial charge is 0.523 e. The van der Waals surface area contributed by atoms with Crippen molar-refractivity contribution in [3.63, 3.8) is 0 Å². The molecule has 0 saturated carbocycles. The van der Waals surface area contributed by atoms with Gasteiger partial charge in [0.05, 0.1) is 0 Å². The van der Waals surface area contributed by atoms with Crippen molar-refractivity contribution in [2.45, 2.75) is 45.5 Å². The van der Waals surface area contributed by atoms with Crippen LogP contribution in [0, 0.1) is 11.5 Å². The fraction of sp³-hybridized carbons (Fsp3) is 0.292. The Morgan fingerprint density at radius 3 is 1.63 bits per heavy atom. The molecule has 0 aliphatic carbocycles. The highest BCUT2D eigenvalue weighted by atomic mass is 28.4. The number of hydrogen-bond acceptors (Lipinski definition) is 1. The maximum absolute atomic E-state index is 6.85. The molecule has 0 saturated heterocycles. The van der Waals surface area contributed by atoms with Gasteiger partial charge in [-0.25, -0.2) is 0 Å². The number of rotatable bonds is 4. The molecule has 2 aromatic carbocycles. The molecular formula is C24H30OSi2. The van der Waals surface area contributed by atoms with E-state index in [4.69, 9.17) is 4.43 Å². The first-order valence-corrected chi connectivity index (χ1v) is 14.7. The van der Waals surface area contributed by atoms with E-state index < -0.39 is 16.4 Å². The van der Waals surface area contributed by atoms with Crippen molar-refractivity contribution >= 4 is 26.8 Å². The molecule has 0 aliphatic rings. The molecule has 2 rings (SSSR count). The van der Waals surface area contributed by atoms with Crippen LogP contribution in [0.1, 0.15) is 20.8 Å². The minimum absolute atomic E-state index is 0.0986. The zero-order valence-electron chi connectivity index (χ0n) is 17.4. The van der Waals surface area contributed by atoms with Gasteiger partial charge in [0.1, 0.15) is 8.07 Å². The third-order valence-electron chi connectivity index (χ3n) is 4.38. The first kappa shape index (κ1) is 21.1. The van der Waals surface area contributed by atoms with Gasteiger partial charge in [0.15, 0.2) is 0 Å². The lowest BCUT2D eigenvalue weighted by molar-refractivity contribution is 0.419. The van der Waals surface area contributed by atoms with E-state index in [0.717, 1.165) is 0 Å². The molecule has 140 valence electrons. The average Bonchev–Trinajstić information content (AvgIpc) is 2.62. The summed E-state index contributed by atoms with van der Waals surface area (Å²) in [5, 5.41) is 2.36. The van der Waals surface area contributed by atoms with E-state index in [-0.39, 0.29) is 5.04 Å². The van der Waals surface area contributed by atoms with Gasteiger partial charge in [-0.05, 0) is 21.3 Å². The van der Waals surface area contributed by atoms with E-state index in [1.807, 2.05) is 12.1 Å². The number of benzene rings is 2. The van der Waals surface area contributed by atoms with Gasteiger partial charge in [0.25, 0.3) is 0 Å². The van der Waals surface area contributed by atoms with Crippen LogP contribution in [-0.2, 0) is 4.43 Å². The summed E-state index contributed by atoms with van der Waals surface area (Å²) in [6.45, 7) is 17.3. The van der Waals surface area contributed by atoms with Crippen LogP contribution in [0.15, 0.2) is 78.7 Å². The quantitative estimate of drug-likeness (QED) is 0.305. The molecule has 0 atom stereocenters. The Balaban J connectivity index is 2.73. The first-order chi connectivity index (χ1) is 12.6. The fourth-order valence-corrected chi connectivity index (χ4v) is 8.00. The highest BCUT2D eigenvalue weighted by Crippen LogP contribution is 2.37. The maximum atomic E-state index is 6.85. The summed E-state index contributed by atoms with van der Waals surface area (Å²) in [7, 11) is -4.19. The van der Waals surface area contributed by atoms with Gasteiger partial charge in [-0.3, -0.25) is 0 Å². The molecule has 0 N–H and O–H groups in total. The molecule has 3 heteroatoms. The third-order valence-corrected chi connectivity index (χ3v) is 10.2. The highest BCUT2D eigenvalue weighted by Gasteiger charge is 2.52. The van der Waals surface area contributed by atoms with E-state index in [1.165, 1.54) is 10.4 Å². The molecule has 27 heavy (non-hydrogen) atoms. The van der Waals surface area contributed by atoms with E-state index in [1.54, 1.807) is 0 Å². The van der Waals surface area contributed by atoms with Crippen molar-refractivity contribution in [3.8, 4) is 11.5 Å². The molecule has 0 unspecified atom stereocenters. The Morgan fingerprint density at radius 1 is 0.852 bits per heavy atom. The highest BCUT2D eigenvalue weighted by molar-refractivity contribution is 6.99. The van der Waals surface area contributed by atoms with Crippen LogP contribution in [0.2, 0.25) is 24.7 Å². The maximum Gasteiger partial charge on any atom is 0.321 e. The van der Waals surface area contributed by atoms with Crippen LogP contribution in [0.25, 0.3) is 0 Å². The average molecular weight is 391 g/mol. The standard InChI is InChI=1S/C24H30OSi2/c1-8-21(19-20-26(5,6)7)25-27(24(2,3)4,22-15-11-9-12-16-22)23-17-13-10-14-18-23/h9-18H,1H2,2-7H3. The van der Waals surface area contributed by atoms with Crippen molar-refractivity contribution in [3.05, 3.63) is 78.7 Å². The zero-order valence-corrected chi connectivity index (χ0v) is 19.4. The summed E-state index contributed by atoms with van der Waals surface area (Å²) in [5.41, 5.74) is 6.37. The van der Waals surface area contributed by atoms with E-state index in [2.05, 4.69) is 113 Å². The molecule has 0 heterocycles. The van der Waals surface area contributed by atoms with E-state index in [0.29, 0.717) is 5.76 Å². The summed E-state index contributed by atoms with van der Waals surface area (Å²) in [6, 6.07) is 21.1. The van der Waals surface area contributed by atoms with E-state index >= 15 is 0 Å². The van der Waals surface area contributed by atoms with Crippen molar-refractivity contribution in [2.75, 3.05) is 0 Å². The molecule has 0 bridgehead atoms. The zero-order chi connectivity index (χ0) is 20.1. The second-order valence-corrected chi connectivity index (χ2v) is 17.7. The van der Waals surface area contributed by atoms with Crippen molar-refractivity contribution in [1.82, 2.24) is 0 Å². The molecule has 0 aromatic heterocycles. The predicted octanol–water partition coefficient (Wildman–Crippen LogP) is 5.11. The Hall–Kier alpha value is -2.25. The normalized spacial score (nSPS) is 11.8. The third kappa shape index (κ3) is 4.93.